The van der Waals surface area contributed by atoms with Crippen LogP contribution < -0.4 is 10.8 Å². The Labute approximate surface area is 255 Å². The van der Waals surface area contributed by atoms with E-state index in [2.05, 4.69) is 15.2 Å². The molecule has 0 spiro atoms. The van der Waals surface area contributed by atoms with E-state index in [1.165, 1.54) is 23.6 Å². The maximum atomic E-state index is 13.8. The number of anilines is 1. The van der Waals surface area contributed by atoms with Crippen molar-refractivity contribution in [3.63, 3.8) is 0 Å². The average molecular weight is 641 g/mol. The molecule has 2 aromatic rings. The monoisotopic (exact) mass is 640 g/mol. The Kier molecular flexibility index (Phi) is 11.5. The van der Waals surface area contributed by atoms with Gasteiger partial charge in [0.1, 0.15) is 42.3 Å². The summed E-state index contributed by atoms with van der Waals surface area (Å²) in [4.78, 5) is 28.7. The van der Waals surface area contributed by atoms with Crippen molar-refractivity contribution in [3.05, 3.63) is 24.2 Å². The average Bonchev–Trinajstić information content (AvgIpc) is 3.52. The molecule has 3 heterocycles. The number of esters is 2. The molecular weight excluding hydrogens is 599 g/mol. The summed E-state index contributed by atoms with van der Waals surface area (Å²) in [5.41, 5.74) is 3.26. The Morgan fingerprint density at radius 2 is 1.93 bits per heavy atom. The Hall–Kier alpha value is -3.16. The highest BCUT2D eigenvalue weighted by atomic mass is 31.2. The minimum absolute atomic E-state index is 0.0543. The van der Waals surface area contributed by atoms with E-state index in [4.69, 9.17) is 29.0 Å². The molecule has 2 aromatic heterocycles. The molecule has 244 valence electrons. The molecule has 0 saturated carbocycles. The molecule has 0 amide bonds. The lowest BCUT2D eigenvalue weighted by atomic mass is 9.92. The SMILES string of the molecule is CCC(CC)COC(=O)[C@H](C)N[P@@](=O)(OCOC(=O)C(C)(C)C)OC[C@H]1O[C@@](C#N)(c2ccc3c(N)ncnn23)[C@H](O)[C@@H]1O. The molecule has 5 N–H and O–H groups in total. The Morgan fingerprint density at radius 3 is 2.55 bits per heavy atom. The Morgan fingerprint density at radius 1 is 1.25 bits per heavy atom. The number of nitrogens with zero attached hydrogens (tertiary/aromatic N) is 4. The van der Waals surface area contributed by atoms with Crippen molar-refractivity contribution in [3.8, 4) is 6.07 Å². The van der Waals surface area contributed by atoms with Crippen molar-refractivity contribution in [1.29, 1.82) is 5.26 Å². The van der Waals surface area contributed by atoms with Crippen LogP contribution in [0.1, 0.15) is 60.1 Å². The van der Waals surface area contributed by atoms with Gasteiger partial charge < -0.3 is 30.2 Å². The van der Waals surface area contributed by atoms with Gasteiger partial charge >= 0.3 is 19.7 Å². The van der Waals surface area contributed by atoms with Gasteiger partial charge in [0.25, 0.3) is 0 Å². The number of hydrogen-bond donors (Lipinski definition) is 4. The second-order valence-corrected chi connectivity index (χ2v) is 13.3. The van der Waals surface area contributed by atoms with Crippen LogP contribution in [0.15, 0.2) is 18.5 Å². The molecule has 0 radical (unpaired) electrons. The molecule has 0 aliphatic carbocycles. The Bertz CT molecular complexity index is 1400. The van der Waals surface area contributed by atoms with E-state index >= 15 is 0 Å². The van der Waals surface area contributed by atoms with E-state index in [1.54, 1.807) is 20.8 Å². The summed E-state index contributed by atoms with van der Waals surface area (Å²) in [6.07, 6.45) is -2.16. The van der Waals surface area contributed by atoms with Crippen molar-refractivity contribution in [1.82, 2.24) is 19.7 Å². The van der Waals surface area contributed by atoms with Gasteiger partial charge in [-0.3, -0.25) is 18.6 Å². The zero-order valence-electron chi connectivity index (χ0n) is 25.6. The number of aliphatic hydroxyl groups excluding tert-OH is 2. The fourth-order valence-corrected chi connectivity index (χ4v) is 5.68. The van der Waals surface area contributed by atoms with Gasteiger partial charge in [-0.25, -0.2) is 19.2 Å². The largest absolute Gasteiger partial charge is 0.464 e. The van der Waals surface area contributed by atoms with Crippen LogP contribution in [0, 0.1) is 22.7 Å². The quantitative estimate of drug-likeness (QED) is 0.131. The highest BCUT2D eigenvalue weighted by Gasteiger charge is 2.58. The maximum absolute atomic E-state index is 13.8. The van der Waals surface area contributed by atoms with E-state index < -0.39 is 68.5 Å². The first-order chi connectivity index (χ1) is 20.6. The molecule has 1 aliphatic heterocycles. The number of carbonyl (C=O) groups is 2. The van der Waals surface area contributed by atoms with Crippen molar-refractivity contribution >= 4 is 31.0 Å². The molecule has 0 aromatic carbocycles. The van der Waals surface area contributed by atoms with Crippen LogP contribution in [-0.4, -0.2) is 81.1 Å². The van der Waals surface area contributed by atoms with Gasteiger partial charge in [0.05, 0.1) is 24.3 Å². The fourth-order valence-electron chi connectivity index (χ4n) is 4.34. The number of nitrogens with two attached hydrogens (primary N) is 1. The van der Waals surface area contributed by atoms with E-state index in [1.807, 2.05) is 19.9 Å². The minimum Gasteiger partial charge on any atom is -0.464 e. The van der Waals surface area contributed by atoms with Gasteiger partial charge in [-0.2, -0.15) is 10.4 Å². The van der Waals surface area contributed by atoms with Gasteiger partial charge in [-0.1, -0.05) is 26.7 Å². The summed E-state index contributed by atoms with van der Waals surface area (Å²) in [5, 5.41) is 38.5. The fraction of sp³-hybridized carbons (Fsp3) is 0.667. The Balaban J connectivity index is 1.79. The first-order valence-electron chi connectivity index (χ1n) is 14.2. The normalized spacial score (nSPS) is 24.1. The topological polar surface area (TPSA) is 230 Å². The third kappa shape index (κ3) is 7.73. The summed E-state index contributed by atoms with van der Waals surface area (Å²) >= 11 is 0. The summed E-state index contributed by atoms with van der Waals surface area (Å²) < 4.78 is 42.1. The van der Waals surface area contributed by atoms with E-state index in [0.717, 1.165) is 19.2 Å². The number of carbonyl (C=O) groups excluding carboxylic acids is 2. The van der Waals surface area contributed by atoms with Crippen molar-refractivity contribution in [2.75, 3.05) is 25.7 Å². The summed E-state index contributed by atoms with van der Waals surface area (Å²) in [6.45, 7) is 8.84. The number of nitrogen functional groups attached to an aromatic ring is 1. The predicted octanol–water partition coefficient (Wildman–Crippen LogP) is 1.80. The third-order valence-corrected chi connectivity index (χ3v) is 8.88. The molecule has 1 fully saturated rings. The lowest BCUT2D eigenvalue weighted by Gasteiger charge is -2.26. The van der Waals surface area contributed by atoms with E-state index in [-0.39, 0.29) is 24.0 Å². The van der Waals surface area contributed by atoms with Crippen molar-refractivity contribution in [2.45, 2.75) is 84.3 Å². The molecule has 44 heavy (non-hydrogen) atoms. The summed E-state index contributed by atoms with van der Waals surface area (Å²) in [7, 11) is -4.48. The van der Waals surface area contributed by atoms with Gasteiger partial charge in [-0.15, -0.1) is 0 Å². The van der Waals surface area contributed by atoms with Crippen LogP contribution in [0.25, 0.3) is 5.52 Å². The van der Waals surface area contributed by atoms with E-state index in [9.17, 15) is 29.6 Å². The standard InChI is InChI=1S/C27H41N6O10P/c1-7-17(8-2)11-39-24(36)16(3)32-44(38,42-15-40-25(37)26(4,5)6)41-12-19-21(34)22(35)27(13-28,43-19)20-10-9-18-23(29)30-14-31-33(18)20/h9-10,14,16-17,19,21-22,34-35H,7-8,11-12,15H2,1-6H3,(H,32,38)(H2,29,30,31)/t16-,19+,21+,22+,27-,44-/m0/s1. The van der Waals surface area contributed by atoms with E-state index in [0.29, 0.717) is 5.52 Å². The molecule has 16 nitrogen and oxygen atoms in total. The number of ether oxygens (including phenoxy) is 3. The smallest absolute Gasteiger partial charge is 0.409 e. The lowest BCUT2D eigenvalue weighted by Crippen LogP contribution is -2.41. The maximum Gasteiger partial charge on any atom is 0.409 e. The minimum atomic E-state index is -4.48. The molecule has 1 saturated heterocycles. The van der Waals surface area contributed by atoms with Gasteiger partial charge in [0.2, 0.25) is 12.4 Å². The molecule has 3 rings (SSSR count). The second-order valence-electron chi connectivity index (χ2n) is 11.5. The number of aliphatic hydroxyl groups is 2. The zero-order chi connectivity index (χ0) is 32.9. The van der Waals surface area contributed by atoms with Gasteiger partial charge in [-0.05, 0) is 45.7 Å². The molecular formula is C27H41N6O10P. The number of rotatable bonds is 14. The number of hydrogen-bond acceptors (Lipinski definition) is 14. The van der Waals surface area contributed by atoms with Crippen molar-refractivity contribution in [2.24, 2.45) is 11.3 Å². The zero-order valence-corrected chi connectivity index (χ0v) is 26.5. The second kappa shape index (κ2) is 14.3. The number of fused-ring (bicyclic) bond motifs is 1. The van der Waals surface area contributed by atoms with Crippen LogP contribution in [0.4, 0.5) is 5.82 Å². The highest BCUT2D eigenvalue weighted by molar-refractivity contribution is 7.51. The number of aromatic nitrogens is 3. The van der Waals surface area contributed by atoms with Gasteiger partial charge in [0.15, 0.2) is 5.82 Å². The lowest BCUT2D eigenvalue weighted by molar-refractivity contribution is -0.160. The predicted molar refractivity (Wildman–Crippen MR) is 154 cm³/mol. The first kappa shape index (κ1) is 35.3. The van der Waals surface area contributed by atoms with Crippen LogP contribution >= 0.6 is 7.75 Å². The molecule has 17 heteroatoms. The van der Waals surface area contributed by atoms with Gasteiger partial charge in [0, 0.05) is 0 Å². The third-order valence-electron chi connectivity index (χ3n) is 7.24. The highest BCUT2D eigenvalue weighted by Crippen LogP contribution is 2.47. The summed E-state index contributed by atoms with van der Waals surface area (Å²) in [6, 6.07) is 3.66. The van der Waals surface area contributed by atoms with Crippen LogP contribution in [0.5, 0.6) is 0 Å². The number of nitrogens with one attached hydrogen (secondary N) is 1. The van der Waals surface area contributed by atoms with Crippen LogP contribution in [-0.2, 0) is 43.0 Å². The van der Waals surface area contributed by atoms with Crippen LogP contribution in [0.3, 0.4) is 0 Å². The first-order valence-corrected chi connectivity index (χ1v) is 15.7. The van der Waals surface area contributed by atoms with Crippen molar-refractivity contribution < 1.29 is 47.6 Å². The number of nitriles is 1. The summed E-state index contributed by atoms with van der Waals surface area (Å²) in [5.74, 6) is -1.12. The molecule has 0 bridgehead atoms. The molecule has 1 aliphatic rings. The molecule has 6 atom stereocenters. The van der Waals surface area contributed by atoms with Crippen LogP contribution in [0.2, 0.25) is 0 Å². The molecule has 0 unspecified atom stereocenters.